The Morgan fingerprint density at radius 3 is 2.67 bits per heavy atom. The van der Waals surface area contributed by atoms with Gasteiger partial charge in [0.25, 0.3) is 5.91 Å². The van der Waals surface area contributed by atoms with E-state index in [-0.39, 0.29) is 12.5 Å². The SMILES string of the molecule is CCC(C)(CCO)NC(=O)c1c(C)cccc1N. The lowest BCUT2D eigenvalue weighted by atomic mass is 9.94. The van der Waals surface area contributed by atoms with E-state index in [0.29, 0.717) is 17.7 Å². The van der Waals surface area contributed by atoms with Crippen LogP contribution in [0.1, 0.15) is 42.6 Å². The summed E-state index contributed by atoms with van der Waals surface area (Å²) in [5.74, 6) is -0.177. The van der Waals surface area contributed by atoms with Crippen molar-refractivity contribution in [2.45, 2.75) is 39.2 Å². The average Bonchev–Trinajstić information content (AvgIpc) is 2.29. The number of amides is 1. The van der Waals surface area contributed by atoms with Gasteiger partial charge in [0.2, 0.25) is 0 Å². The summed E-state index contributed by atoms with van der Waals surface area (Å²) in [6, 6.07) is 5.41. The fraction of sp³-hybridized carbons (Fsp3) is 0.500. The molecule has 0 aromatic heterocycles. The van der Waals surface area contributed by atoms with Crippen LogP contribution in [0, 0.1) is 6.92 Å². The molecule has 1 aromatic carbocycles. The fourth-order valence-corrected chi connectivity index (χ4v) is 1.91. The van der Waals surface area contributed by atoms with Crippen LogP contribution in [0.2, 0.25) is 0 Å². The third-order valence-corrected chi connectivity index (χ3v) is 3.39. The number of aryl methyl sites for hydroxylation is 1. The molecular weight excluding hydrogens is 228 g/mol. The van der Waals surface area contributed by atoms with Gasteiger partial charge in [0.1, 0.15) is 0 Å². The second-order valence-corrected chi connectivity index (χ2v) is 4.88. The van der Waals surface area contributed by atoms with Crippen LogP contribution in [-0.4, -0.2) is 23.2 Å². The van der Waals surface area contributed by atoms with E-state index in [2.05, 4.69) is 5.32 Å². The monoisotopic (exact) mass is 250 g/mol. The van der Waals surface area contributed by atoms with E-state index in [1.165, 1.54) is 0 Å². The van der Waals surface area contributed by atoms with Crippen LogP contribution in [0.15, 0.2) is 18.2 Å². The summed E-state index contributed by atoms with van der Waals surface area (Å²) in [4.78, 5) is 12.3. The molecule has 0 aliphatic heterocycles. The summed E-state index contributed by atoms with van der Waals surface area (Å²) < 4.78 is 0. The van der Waals surface area contributed by atoms with Gasteiger partial charge < -0.3 is 16.2 Å². The van der Waals surface area contributed by atoms with Crippen molar-refractivity contribution in [3.05, 3.63) is 29.3 Å². The van der Waals surface area contributed by atoms with Crippen LogP contribution in [0.5, 0.6) is 0 Å². The average molecular weight is 250 g/mol. The third-order valence-electron chi connectivity index (χ3n) is 3.39. The molecule has 0 spiro atoms. The predicted octanol–water partition coefficient (Wildman–Crippen LogP) is 1.86. The molecule has 1 atom stereocenters. The predicted molar refractivity (Wildman–Crippen MR) is 73.5 cm³/mol. The molecule has 4 N–H and O–H groups in total. The Labute approximate surface area is 108 Å². The zero-order valence-corrected chi connectivity index (χ0v) is 11.3. The van der Waals surface area contributed by atoms with Crippen LogP contribution in [-0.2, 0) is 0 Å². The van der Waals surface area contributed by atoms with Gasteiger partial charge in [-0.05, 0) is 38.3 Å². The summed E-state index contributed by atoms with van der Waals surface area (Å²) in [6.45, 7) is 5.82. The summed E-state index contributed by atoms with van der Waals surface area (Å²) in [7, 11) is 0. The van der Waals surface area contributed by atoms with Crippen molar-refractivity contribution in [1.82, 2.24) is 5.32 Å². The van der Waals surface area contributed by atoms with Crippen molar-refractivity contribution >= 4 is 11.6 Å². The van der Waals surface area contributed by atoms with Crippen molar-refractivity contribution in [2.24, 2.45) is 0 Å². The number of anilines is 1. The molecule has 0 heterocycles. The number of hydrogen-bond donors (Lipinski definition) is 3. The number of nitrogen functional groups attached to an aromatic ring is 1. The summed E-state index contributed by atoms with van der Waals surface area (Å²) in [6.07, 6.45) is 1.28. The molecule has 100 valence electrons. The summed E-state index contributed by atoms with van der Waals surface area (Å²) in [5.41, 5.74) is 7.31. The first kappa shape index (κ1) is 14.5. The van der Waals surface area contributed by atoms with Gasteiger partial charge in [-0.25, -0.2) is 0 Å². The second-order valence-electron chi connectivity index (χ2n) is 4.88. The minimum absolute atomic E-state index is 0.0495. The van der Waals surface area contributed by atoms with Gasteiger partial charge in [0.05, 0.1) is 5.56 Å². The zero-order chi connectivity index (χ0) is 13.8. The molecule has 0 aliphatic rings. The van der Waals surface area contributed by atoms with Gasteiger partial charge >= 0.3 is 0 Å². The Hall–Kier alpha value is -1.55. The zero-order valence-electron chi connectivity index (χ0n) is 11.3. The highest BCUT2D eigenvalue weighted by Gasteiger charge is 2.25. The van der Waals surface area contributed by atoms with Crippen LogP contribution in [0.4, 0.5) is 5.69 Å². The van der Waals surface area contributed by atoms with Crippen LogP contribution < -0.4 is 11.1 Å². The first-order valence-electron chi connectivity index (χ1n) is 6.22. The molecule has 1 rings (SSSR count). The quantitative estimate of drug-likeness (QED) is 0.698. The van der Waals surface area contributed by atoms with Crippen molar-refractivity contribution in [2.75, 3.05) is 12.3 Å². The van der Waals surface area contributed by atoms with Crippen molar-refractivity contribution in [1.29, 1.82) is 0 Å². The van der Waals surface area contributed by atoms with E-state index in [4.69, 9.17) is 10.8 Å². The minimum atomic E-state index is -0.402. The van der Waals surface area contributed by atoms with E-state index in [1.54, 1.807) is 6.07 Å². The van der Waals surface area contributed by atoms with E-state index >= 15 is 0 Å². The topological polar surface area (TPSA) is 75.3 Å². The van der Waals surface area contributed by atoms with E-state index in [9.17, 15) is 4.79 Å². The van der Waals surface area contributed by atoms with Crippen LogP contribution in [0.25, 0.3) is 0 Å². The lowest BCUT2D eigenvalue weighted by Crippen LogP contribution is -2.46. The normalized spacial score (nSPS) is 14.0. The van der Waals surface area contributed by atoms with Gasteiger partial charge in [-0.1, -0.05) is 19.1 Å². The number of aliphatic hydroxyl groups excluding tert-OH is 1. The lowest BCUT2D eigenvalue weighted by molar-refractivity contribution is 0.0886. The largest absolute Gasteiger partial charge is 0.398 e. The maximum atomic E-state index is 12.3. The lowest BCUT2D eigenvalue weighted by Gasteiger charge is -2.29. The number of rotatable bonds is 5. The van der Waals surface area contributed by atoms with Gasteiger partial charge in [-0.3, -0.25) is 4.79 Å². The highest BCUT2D eigenvalue weighted by atomic mass is 16.3. The fourth-order valence-electron chi connectivity index (χ4n) is 1.91. The molecule has 4 nitrogen and oxygen atoms in total. The molecule has 0 bridgehead atoms. The van der Waals surface area contributed by atoms with E-state index in [0.717, 1.165) is 12.0 Å². The summed E-state index contributed by atoms with van der Waals surface area (Å²) in [5, 5.41) is 12.0. The van der Waals surface area contributed by atoms with Crippen LogP contribution >= 0.6 is 0 Å². The molecule has 1 unspecified atom stereocenters. The number of carbonyl (C=O) groups is 1. The molecule has 0 aliphatic carbocycles. The Morgan fingerprint density at radius 2 is 2.17 bits per heavy atom. The van der Waals surface area contributed by atoms with Gasteiger partial charge in [-0.2, -0.15) is 0 Å². The molecule has 1 amide bonds. The Morgan fingerprint density at radius 1 is 1.50 bits per heavy atom. The minimum Gasteiger partial charge on any atom is -0.398 e. The smallest absolute Gasteiger partial charge is 0.254 e. The highest BCUT2D eigenvalue weighted by Crippen LogP contribution is 2.20. The molecule has 0 fully saturated rings. The molecule has 1 aromatic rings. The second kappa shape index (κ2) is 5.87. The van der Waals surface area contributed by atoms with Gasteiger partial charge in [0.15, 0.2) is 0 Å². The standard InChI is InChI=1S/C14H22N2O2/c1-4-14(3,8-9-17)16-13(18)12-10(2)6-5-7-11(12)15/h5-7,17H,4,8-9,15H2,1-3H3,(H,16,18). The number of nitrogens with two attached hydrogens (primary N) is 1. The number of aliphatic hydroxyl groups is 1. The number of carbonyl (C=O) groups excluding carboxylic acids is 1. The Balaban J connectivity index is 2.95. The molecular formula is C14H22N2O2. The number of benzene rings is 1. The molecule has 0 saturated heterocycles. The highest BCUT2D eigenvalue weighted by molar-refractivity contribution is 6.00. The van der Waals surface area contributed by atoms with Gasteiger partial charge in [-0.15, -0.1) is 0 Å². The summed E-state index contributed by atoms with van der Waals surface area (Å²) >= 11 is 0. The number of nitrogens with one attached hydrogen (secondary N) is 1. The molecule has 0 saturated carbocycles. The first-order chi connectivity index (χ1) is 8.43. The van der Waals surface area contributed by atoms with Gasteiger partial charge in [0, 0.05) is 17.8 Å². The van der Waals surface area contributed by atoms with Crippen molar-refractivity contribution in [3.63, 3.8) is 0 Å². The molecule has 0 radical (unpaired) electrons. The van der Waals surface area contributed by atoms with Crippen molar-refractivity contribution in [3.8, 4) is 0 Å². The maximum absolute atomic E-state index is 12.3. The Kier molecular flexibility index (Phi) is 4.73. The maximum Gasteiger partial charge on any atom is 0.254 e. The third kappa shape index (κ3) is 3.23. The molecule has 4 heteroatoms. The van der Waals surface area contributed by atoms with Crippen molar-refractivity contribution < 1.29 is 9.90 Å². The van der Waals surface area contributed by atoms with E-state index < -0.39 is 5.54 Å². The Bertz CT molecular complexity index is 412. The van der Waals surface area contributed by atoms with E-state index in [1.807, 2.05) is 32.9 Å². The van der Waals surface area contributed by atoms with Crippen LogP contribution in [0.3, 0.4) is 0 Å². The first-order valence-corrected chi connectivity index (χ1v) is 6.22. The molecule has 18 heavy (non-hydrogen) atoms. The number of hydrogen-bond acceptors (Lipinski definition) is 3.